The Morgan fingerprint density at radius 2 is 1.77 bits per heavy atom. The minimum Gasteiger partial charge on any atom is -0.503 e. The highest BCUT2D eigenvalue weighted by atomic mass is 16.3. The van der Waals surface area contributed by atoms with E-state index < -0.39 is 11.7 Å². The number of amides is 1. The van der Waals surface area contributed by atoms with E-state index in [1.165, 1.54) is 19.0 Å². The van der Waals surface area contributed by atoms with Crippen molar-refractivity contribution in [1.82, 2.24) is 4.90 Å². The summed E-state index contributed by atoms with van der Waals surface area (Å²) in [4.78, 5) is 23.3. The van der Waals surface area contributed by atoms with E-state index in [4.69, 9.17) is 5.11 Å². The number of nitrogens with zero attached hydrogens (tertiary/aromatic N) is 1. The second kappa shape index (κ2) is 4.64. The van der Waals surface area contributed by atoms with Crippen molar-refractivity contribution in [2.24, 2.45) is 5.92 Å². The molecule has 0 bridgehead atoms. The van der Waals surface area contributed by atoms with Gasteiger partial charge in [-0.1, -0.05) is 13.8 Å². The fraction of sp³-hybridized carbons (Fsp3) is 0.556. The molecule has 0 aromatic rings. The van der Waals surface area contributed by atoms with E-state index in [-0.39, 0.29) is 11.7 Å². The summed E-state index contributed by atoms with van der Waals surface area (Å²) in [5.41, 5.74) is 0. The molecule has 0 heterocycles. The lowest BCUT2D eigenvalue weighted by molar-refractivity contribution is -0.128. The zero-order valence-corrected chi connectivity index (χ0v) is 8.37. The minimum atomic E-state index is -0.561. The highest BCUT2D eigenvalue weighted by Gasteiger charge is 2.13. The van der Waals surface area contributed by atoms with Gasteiger partial charge in [-0.15, -0.1) is 0 Å². The van der Waals surface area contributed by atoms with E-state index in [1.54, 1.807) is 13.8 Å². The first-order valence-electron chi connectivity index (χ1n) is 4.02. The van der Waals surface area contributed by atoms with E-state index in [2.05, 4.69) is 0 Å². The lowest BCUT2D eigenvalue weighted by atomic mass is 10.1. The largest absolute Gasteiger partial charge is 0.503 e. The summed E-state index contributed by atoms with van der Waals surface area (Å²) < 4.78 is 0. The Kier molecular flexibility index (Phi) is 4.17. The molecule has 1 N–H and O–H groups in total. The van der Waals surface area contributed by atoms with Crippen LogP contribution >= 0.6 is 0 Å². The summed E-state index contributed by atoms with van der Waals surface area (Å²) in [6, 6.07) is 0. The van der Waals surface area contributed by atoms with Crippen molar-refractivity contribution in [3.63, 3.8) is 0 Å². The van der Waals surface area contributed by atoms with Crippen molar-refractivity contribution < 1.29 is 14.7 Å². The average Bonchev–Trinajstić information content (AvgIpc) is 2.02. The van der Waals surface area contributed by atoms with Crippen LogP contribution in [0.3, 0.4) is 0 Å². The van der Waals surface area contributed by atoms with Crippen molar-refractivity contribution in [1.29, 1.82) is 0 Å². The second-order valence-corrected chi connectivity index (χ2v) is 3.29. The summed E-state index contributed by atoms with van der Waals surface area (Å²) in [5, 5.41) is 9.16. The molecule has 0 unspecified atom stereocenters. The van der Waals surface area contributed by atoms with Gasteiger partial charge in [-0.05, 0) is 0 Å². The molecule has 13 heavy (non-hydrogen) atoms. The Bertz CT molecular complexity index is 241. The SMILES string of the molecule is CC(C)C(=O)C=C(O)C(=O)N(C)C. The van der Waals surface area contributed by atoms with Gasteiger partial charge in [-0.25, -0.2) is 0 Å². The minimum absolute atomic E-state index is 0.211. The smallest absolute Gasteiger partial charge is 0.288 e. The van der Waals surface area contributed by atoms with Gasteiger partial charge >= 0.3 is 0 Å². The summed E-state index contributed by atoms with van der Waals surface area (Å²) >= 11 is 0. The number of allylic oxidation sites excluding steroid dienone is 1. The Morgan fingerprint density at radius 1 is 1.31 bits per heavy atom. The second-order valence-electron chi connectivity index (χ2n) is 3.29. The van der Waals surface area contributed by atoms with Crippen molar-refractivity contribution in [3.05, 3.63) is 11.8 Å². The maximum Gasteiger partial charge on any atom is 0.288 e. The molecule has 0 radical (unpaired) electrons. The maximum absolute atomic E-state index is 11.1. The van der Waals surface area contributed by atoms with E-state index in [1.807, 2.05) is 0 Å². The molecule has 0 aliphatic carbocycles. The van der Waals surface area contributed by atoms with Crippen LogP contribution in [0.5, 0.6) is 0 Å². The molecule has 1 amide bonds. The number of rotatable bonds is 3. The number of likely N-dealkylation sites (N-methyl/N-ethyl adjacent to an activating group) is 1. The lowest BCUT2D eigenvalue weighted by Gasteiger charge is -2.08. The van der Waals surface area contributed by atoms with Crippen LogP contribution in [0.2, 0.25) is 0 Å². The van der Waals surface area contributed by atoms with Crippen LogP contribution in [0.4, 0.5) is 0 Å². The predicted octanol–water partition coefficient (Wildman–Crippen LogP) is 0.742. The number of ketones is 1. The first kappa shape index (κ1) is 11.7. The molecule has 4 heteroatoms. The number of aliphatic hydroxyl groups excluding tert-OH is 1. The highest BCUT2D eigenvalue weighted by molar-refractivity contribution is 6.00. The molecule has 74 valence electrons. The zero-order valence-electron chi connectivity index (χ0n) is 8.37. The normalized spacial score (nSPS) is 11.6. The number of carbonyl (C=O) groups is 2. The Morgan fingerprint density at radius 3 is 2.08 bits per heavy atom. The topological polar surface area (TPSA) is 57.6 Å². The molecule has 4 nitrogen and oxygen atoms in total. The molecule has 0 rings (SSSR count). The molecular weight excluding hydrogens is 170 g/mol. The number of carbonyl (C=O) groups excluding carboxylic acids is 2. The molecule has 0 atom stereocenters. The molecule has 0 aliphatic heterocycles. The Labute approximate surface area is 77.8 Å². The van der Waals surface area contributed by atoms with Crippen LogP contribution in [-0.2, 0) is 9.59 Å². The van der Waals surface area contributed by atoms with Gasteiger partial charge in [0.15, 0.2) is 11.5 Å². The summed E-state index contributed by atoms with van der Waals surface area (Å²) in [7, 11) is 3.01. The monoisotopic (exact) mass is 185 g/mol. The van der Waals surface area contributed by atoms with Crippen molar-refractivity contribution in [2.75, 3.05) is 14.1 Å². The van der Waals surface area contributed by atoms with Crippen LogP contribution in [0.15, 0.2) is 11.8 Å². The summed E-state index contributed by atoms with van der Waals surface area (Å²) in [6.45, 7) is 3.40. The van der Waals surface area contributed by atoms with Gasteiger partial charge in [0, 0.05) is 26.1 Å². The molecular formula is C9H15NO3. The van der Waals surface area contributed by atoms with Gasteiger partial charge in [0.05, 0.1) is 0 Å². The van der Waals surface area contributed by atoms with E-state index in [9.17, 15) is 9.59 Å². The molecule has 0 spiro atoms. The maximum atomic E-state index is 11.1. The number of aliphatic hydroxyl groups is 1. The van der Waals surface area contributed by atoms with Gasteiger partial charge in [-0.3, -0.25) is 9.59 Å². The zero-order chi connectivity index (χ0) is 10.6. The van der Waals surface area contributed by atoms with Crippen LogP contribution in [0.1, 0.15) is 13.8 Å². The van der Waals surface area contributed by atoms with Gasteiger partial charge in [0.1, 0.15) is 0 Å². The summed E-state index contributed by atoms with van der Waals surface area (Å²) in [6.07, 6.45) is 0.965. The van der Waals surface area contributed by atoms with Gasteiger partial charge in [0.25, 0.3) is 5.91 Å². The molecule has 0 aromatic carbocycles. The Hall–Kier alpha value is -1.32. The van der Waals surface area contributed by atoms with Crippen LogP contribution in [-0.4, -0.2) is 35.8 Å². The van der Waals surface area contributed by atoms with Crippen LogP contribution in [0, 0.1) is 5.92 Å². The average molecular weight is 185 g/mol. The molecule has 0 saturated carbocycles. The first-order valence-corrected chi connectivity index (χ1v) is 4.02. The fourth-order valence-corrected chi connectivity index (χ4v) is 0.592. The molecule has 0 fully saturated rings. The van der Waals surface area contributed by atoms with E-state index >= 15 is 0 Å². The standard InChI is InChI=1S/C9H15NO3/c1-6(2)7(11)5-8(12)9(13)10(3)4/h5-6,12H,1-4H3. The van der Waals surface area contributed by atoms with Gasteiger partial charge < -0.3 is 10.0 Å². The Balaban J connectivity index is 4.50. The lowest BCUT2D eigenvalue weighted by Crippen LogP contribution is -2.24. The summed E-state index contributed by atoms with van der Waals surface area (Å²) in [5.74, 6) is -1.54. The quantitative estimate of drug-likeness (QED) is 0.521. The molecule has 0 saturated heterocycles. The van der Waals surface area contributed by atoms with Gasteiger partial charge in [0.2, 0.25) is 0 Å². The van der Waals surface area contributed by atoms with Crippen LogP contribution in [0.25, 0.3) is 0 Å². The third-order valence-corrected chi connectivity index (χ3v) is 1.47. The highest BCUT2D eigenvalue weighted by Crippen LogP contribution is 2.00. The van der Waals surface area contributed by atoms with Crippen molar-refractivity contribution >= 4 is 11.7 Å². The van der Waals surface area contributed by atoms with E-state index in [0.29, 0.717) is 0 Å². The predicted molar refractivity (Wildman–Crippen MR) is 49.3 cm³/mol. The van der Waals surface area contributed by atoms with E-state index in [0.717, 1.165) is 6.08 Å². The van der Waals surface area contributed by atoms with Crippen molar-refractivity contribution in [2.45, 2.75) is 13.8 Å². The third-order valence-electron chi connectivity index (χ3n) is 1.47. The number of hydrogen-bond acceptors (Lipinski definition) is 3. The first-order chi connectivity index (χ1) is 5.86. The fourth-order valence-electron chi connectivity index (χ4n) is 0.592. The molecule has 0 aromatic heterocycles. The van der Waals surface area contributed by atoms with Gasteiger partial charge in [-0.2, -0.15) is 0 Å². The van der Waals surface area contributed by atoms with Crippen LogP contribution < -0.4 is 0 Å². The molecule has 0 aliphatic rings. The third kappa shape index (κ3) is 3.73. The van der Waals surface area contributed by atoms with Crippen molar-refractivity contribution in [3.8, 4) is 0 Å². The number of hydrogen-bond donors (Lipinski definition) is 1.